The summed E-state index contributed by atoms with van der Waals surface area (Å²) in [4.78, 5) is 62.4. The lowest BCUT2D eigenvalue weighted by Gasteiger charge is -2.44. The van der Waals surface area contributed by atoms with Crippen LogP contribution in [0.15, 0.2) is 36.5 Å². The van der Waals surface area contributed by atoms with Gasteiger partial charge in [-0.1, -0.05) is 6.07 Å². The zero-order valence-corrected chi connectivity index (χ0v) is 32.9. The molecule has 4 aliphatic rings. The topological polar surface area (TPSA) is 151 Å². The first kappa shape index (κ1) is 41.6. The summed E-state index contributed by atoms with van der Waals surface area (Å²) in [6.07, 6.45) is 0.584. The highest BCUT2D eigenvalue weighted by atomic mass is 32.1. The van der Waals surface area contributed by atoms with Crippen molar-refractivity contribution in [3.63, 3.8) is 0 Å². The van der Waals surface area contributed by atoms with Gasteiger partial charge >= 0.3 is 6.18 Å². The van der Waals surface area contributed by atoms with Gasteiger partial charge in [-0.15, -0.1) is 12.6 Å². The van der Waals surface area contributed by atoms with Gasteiger partial charge in [0.1, 0.15) is 11.3 Å². The van der Waals surface area contributed by atoms with E-state index in [0.29, 0.717) is 24.4 Å². The molecule has 2 unspecified atom stereocenters. The molecule has 302 valence electrons. The lowest BCUT2D eigenvalue weighted by molar-refractivity contribution is -0.138. The number of imide groups is 1. The second-order valence-corrected chi connectivity index (χ2v) is 16.2. The fourth-order valence-electron chi connectivity index (χ4n) is 8.68. The van der Waals surface area contributed by atoms with Gasteiger partial charge in [0.2, 0.25) is 23.6 Å². The first-order valence-corrected chi connectivity index (χ1v) is 19.6. The van der Waals surface area contributed by atoms with Crippen LogP contribution >= 0.6 is 12.6 Å². The second-order valence-electron chi connectivity index (χ2n) is 15.8. The Morgan fingerprint density at radius 3 is 2.38 bits per heavy atom. The number of rotatable bonds is 10. The van der Waals surface area contributed by atoms with E-state index in [2.05, 4.69) is 39.3 Å². The van der Waals surface area contributed by atoms with Crippen LogP contribution in [-0.2, 0) is 30.1 Å². The van der Waals surface area contributed by atoms with Crippen LogP contribution in [0.1, 0.15) is 88.8 Å². The lowest BCUT2D eigenvalue weighted by Crippen LogP contribution is -2.58. The molecule has 6 rings (SSSR count). The highest BCUT2D eigenvalue weighted by Crippen LogP contribution is 2.43. The third-order valence-electron chi connectivity index (χ3n) is 11.6. The molecule has 3 saturated heterocycles. The number of piperidine rings is 1. The number of ether oxygens (including phenoxy) is 1. The molecule has 1 saturated carbocycles. The number of carbonyl (C=O) groups is 4. The summed E-state index contributed by atoms with van der Waals surface area (Å²) in [6, 6.07) is 8.54. The predicted octanol–water partition coefficient (Wildman–Crippen LogP) is 4.49. The molecule has 3 aliphatic heterocycles. The average Bonchev–Trinajstić information content (AvgIpc) is 3.32. The summed E-state index contributed by atoms with van der Waals surface area (Å²) in [5.41, 5.74) is -2.62. The smallest absolute Gasteiger partial charge is 0.377 e. The van der Waals surface area contributed by atoms with E-state index in [1.54, 1.807) is 38.2 Å². The number of aromatic nitrogens is 1. The van der Waals surface area contributed by atoms with Crippen LogP contribution in [0, 0.1) is 11.3 Å². The number of nitriles is 1. The van der Waals surface area contributed by atoms with Gasteiger partial charge in [-0.2, -0.15) is 18.4 Å². The van der Waals surface area contributed by atoms with Crippen LogP contribution in [0.4, 0.5) is 24.7 Å². The van der Waals surface area contributed by atoms with Crippen LogP contribution in [0.25, 0.3) is 0 Å². The summed E-state index contributed by atoms with van der Waals surface area (Å²) in [5.74, 6) is -1.18. The Bertz CT molecular complexity index is 1840. The van der Waals surface area contributed by atoms with Crippen molar-refractivity contribution in [2.24, 2.45) is 0 Å². The number of halogens is 3. The molecule has 0 bridgehead atoms. The molecule has 2 aromatic rings. The summed E-state index contributed by atoms with van der Waals surface area (Å²) in [7, 11) is 0. The van der Waals surface area contributed by atoms with E-state index < -0.39 is 34.3 Å². The summed E-state index contributed by atoms with van der Waals surface area (Å²) in [6.45, 7) is 10.8. The third kappa shape index (κ3) is 8.89. The van der Waals surface area contributed by atoms with E-state index in [4.69, 9.17) is 17.4 Å². The second kappa shape index (κ2) is 16.8. The Hall–Kier alpha value is -4.08. The third-order valence-corrected chi connectivity index (χ3v) is 12.1. The lowest BCUT2D eigenvalue weighted by atomic mass is 9.89. The van der Waals surface area contributed by atoms with Gasteiger partial charge in [0, 0.05) is 56.1 Å². The molecule has 17 heteroatoms. The Morgan fingerprint density at radius 2 is 1.77 bits per heavy atom. The zero-order chi connectivity index (χ0) is 40.5. The Kier molecular flexibility index (Phi) is 12.5. The molecule has 0 radical (unpaired) electrons. The van der Waals surface area contributed by atoms with Gasteiger partial charge in [0.15, 0.2) is 0 Å². The predicted molar refractivity (Wildman–Crippen MR) is 204 cm³/mol. The normalized spacial score (nSPS) is 27.9. The van der Waals surface area contributed by atoms with Crippen molar-refractivity contribution < 1.29 is 37.1 Å². The minimum absolute atomic E-state index is 0.0262. The number of thiol groups is 1. The molecule has 1 aromatic carbocycles. The molecular weight excluding hydrogens is 750 g/mol. The van der Waals surface area contributed by atoms with Crippen molar-refractivity contribution in [3.05, 3.63) is 53.2 Å². The molecule has 4 amide bonds. The number of anilines is 2. The van der Waals surface area contributed by atoms with Crippen LogP contribution < -0.4 is 15.5 Å². The maximum atomic E-state index is 13.7. The number of pyridine rings is 1. The number of alkyl halides is 3. The van der Waals surface area contributed by atoms with Crippen molar-refractivity contribution in [2.45, 2.75) is 114 Å². The SMILES string of the molecule is C[C@@H]1CN(CCOC2CCC(N3C(S)N(c4ccc(C#N)c(C(F)(F)F)c4)C(=O)C3(C)C)CC2)C[C@H](C)N1CC(=O)Nc1ccc(C2CCC(=O)NC2=O)cn1. The van der Waals surface area contributed by atoms with Crippen LogP contribution in [-0.4, -0.2) is 111 Å². The number of amides is 4. The number of hydrogen-bond acceptors (Lipinski definition) is 11. The number of nitrogens with one attached hydrogen (secondary N) is 2. The van der Waals surface area contributed by atoms with E-state index in [-0.39, 0.29) is 66.5 Å². The molecule has 13 nitrogen and oxygen atoms in total. The summed E-state index contributed by atoms with van der Waals surface area (Å²) < 4.78 is 47.5. The fourth-order valence-corrected chi connectivity index (χ4v) is 9.39. The highest BCUT2D eigenvalue weighted by molar-refractivity contribution is 7.81. The van der Waals surface area contributed by atoms with Crippen LogP contribution in [0.5, 0.6) is 0 Å². The van der Waals surface area contributed by atoms with Gasteiger partial charge in [-0.25, -0.2) is 4.98 Å². The first-order valence-electron chi connectivity index (χ1n) is 19.1. The number of benzene rings is 1. The average molecular weight is 799 g/mol. The van der Waals surface area contributed by atoms with Crippen LogP contribution in [0.2, 0.25) is 0 Å². The largest absolute Gasteiger partial charge is 0.417 e. The molecule has 4 fully saturated rings. The van der Waals surface area contributed by atoms with E-state index >= 15 is 0 Å². The van der Waals surface area contributed by atoms with Gasteiger partial charge in [-0.3, -0.25) is 44.1 Å². The Balaban J connectivity index is 0.941. The highest BCUT2D eigenvalue weighted by Gasteiger charge is 2.54. The molecule has 1 aliphatic carbocycles. The zero-order valence-electron chi connectivity index (χ0n) is 32.0. The number of carbonyl (C=O) groups excluding carboxylic acids is 4. The van der Waals surface area contributed by atoms with E-state index in [1.165, 1.54) is 11.0 Å². The van der Waals surface area contributed by atoms with Gasteiger partial charge in [0.25, 0.3) is 0 Å². The van der Waals surface area contributed by atoms with Crippen molar-refractivity contribution in [1.29, 1.82) is 5.26 Å². The number of nitrogens with zero attached hydrogens (tertiary/aromatic N) is 6. The molecule has 56 heavy (non-hydrogen) atoms. The summed E-state index contributed by atoms with van der Waals surface area (Å²) in [5, 5.41) is 14.4. The van der Waals surface area contributed by atoms with Crippen molar-refractivity contribution >= 4 is 47.8 Å². The molecule has 4 atom stereocenters. The fraction of sp³-hybridized carbons (Fsp3) is 0.590. The Labute approximate surface area is 330 Å². The van der Waals surface area contributed by atoms with E-state index in [1.807, 2.05) is 4.90 Å². The van der Waals surface area contributed by atoms with Crippen molar-refractivity contribution in [2.75, 3.05) is 43.0 Å². The number of piperazine rings is 1. The molecule has 0 spiro atoms. The van der Waals surface area contributed by atoms with E-state index in [9.17, 15) is 37.6 Å². The van der Waals surface area contributed by atoms with Gasteiger partial charge < -0.3 is 10.1 Å². The summed E-state index contributed by atoms with van der Waals surface area (Å²) >= 11 is 4.76. The molecule has 2 N–H and O–H groups in total. The van der Waals surface area contributed by atoms with Crippen LogP contribution in [0.3, 0.4) is 0 Å². The maximum Gasteiger partial charge on any atom is 0.417 e. The molecule has 1 aromatic heterocycles. The number of hydrogen-bond donors (Lipinski definition) is 3. The van der Waals surface area contributed by atoms with Crippen molar-refractivity contribution in [1.82, 2.24) is 25.0 Å². The minimum atomic E-state index is -4.75. The van der Waals surface area contributed by atoms with Gasteiger partial charge in [0.05, 0.1) is 47.9 Å². The first-order chi connectivity index (χ1) is 26.5. The minimum Gasteiger partial charge on any atom is -0.377 e. The maximum absolute atomic E-state index is 13.7. The quantitative estimate of drug-likeness (QED) is 0.232. The van der Waals surface area contributed by atoms with Gasteiger partial charge in [-0.05, 0) is 89.6 Å². The molecular formula is C39H49F3N8O5S. The monoisotopic (exact) mass is 798 g/mol. The van der Waals surface area contributed by atoms with Crippen molar-refractivity contribution in [3.8, 4) is 6.07 Å². The standard InChI is InChI=1S/C39H49F3N8O5S/c1-23-20-47(21-24(2)48(23)22-34(52)45-32-13-6-26(19-44-32)30-12-14-33(51)46-35(30)53)15-16-55-29-10-8-27(9-11-29)50-37(56)49(36(54)38(50,3)4)28-7-5-25(18-43)31(17-28)39(40,41)42/h5-7,13,17,19,23-24,27,29-30,37,56H,8-12,14-16,20-22H2,1-4H3,(H,44,45,52)(H,46,51,53)/t23-,24+,27?,29?,30?,37?. The molecule has 4 heterocycles. The Morgan fingerprint density at radius 1 is 1.07 bits per heavy atom. The van der Waals surface area contributed by atoms with E-state index in [0.717, 1.165) is 57.5 Å².